The monoisotopic (exact) mass is 249 g/mol. The topological polar surface area (TPSA) is 70.2 Å². The van der Waals surface area contributed by atoms with Crippen LogP contribution < -0.4 is 16.0 Å². The molecule has 1 saturated heterocycles. The van der Waals surface area contributed by atoms with E-state index in [1.807, 2.05) is 13.8 Å². The predicted octanol–water partition coefficient (Wildman–Crippen LogP) is -0.199. The molecule has 6 heteroatoms. The molecule has 3 N–H and O–H groups in total. The second-order valence-corrected chi connectivity index (χ2v) is 4.09. The Balaban J connectivity index is 0.00000225. The van der Waals surface area contributed by atoms with Crippen LogP contribution in [0.2, 0.25) is 0 Å². The summed E-state index contributed by atoms with van der Waals surface area (Å²) in [5.74, 6) is -0.220. The number of carbonyl (C=O) groups is 2. The van der Waals surface area contributed by atoms with Gasteiger partial charge in [0.2, 0.25) is 11.8 Å². The molecular formula is C10H20ClN3O2. The smallest absolute Gasteiger partial charge is 0.239 e. The summed E-state index contributed by atoms with van der Waals surface area (Å²) < 4.78 is 0. The summed E-state index contributed by atoms with van der Waals surface area (Å²) in [5.41, 5.74) is 0. The van der Waals surface area contributed by atoms with Crippen LogP contribution in [0.25, 0.3) is 0 Å². The van der Waals surface area contributed by atoms with E-state index < -0.39 is 0 Å². The number of rotatable bonds is 4. The summed E-state index contributed by atoms with van der Waals surface area (Å²) in [6, 6.07) is -0.00384. The van der Waals surface area contributed by atoms with E-state index in [-0.39, 0.29) is 42.8 Å². The van der Waals surface area contributed by atoms with Gasteiger partial charge in [-0.2, -0.15) is 0 Å². The van der Waals surface area contributed by atoms with Crippen molar-refractivity contribution in [2.75, 3.05) is 13.1 Å². The highest BCUT2D eigenvalue weighted by Gasteiger charge is 2.21. The van der Waals surface area contributed by atoms with Crippen LogP contribution in [0.1, 0.15) is 26.7 Å². The van der Waals surface area contributed by atoms with Gasteiger partial charge >= 0.3 is 0 Å². The molecule has 1 heterocycles. The fraction of sp³-hybridized carbons (Fsp3) is 0.800. The van der Waals surface area contributed by atoms with Gasteiger partial charge in [-0.25, -0.2) is 0 Å². The molecule has 94 valence electrons. The van der Waals surface area contributed by atoms with E-state index in [0.717, 1.165) is 19.4 Å². The molecule has 0 aromatic carbocycles. The van der Waals surface area contributed by atoms with Crippen molar-refractivity contribution in [3.63, 3.8) is 0 Å². The fourth-order valence-corrected chi connectivity index (χ4v) is 1.57. The van der Waals surface area contributed by atoms with E-state index in [4.69, 9.17) is 0 Å². The Labute approximate surface area is 102 Å². The van der Waals surface area contributed by atoms with Crippen LogP contribution in [0.3, 0.4) is 0 Å². The third kappa shape index (κ3) is 5.32. The number of nitrogens with one attached hydrogen (secondary N) is 3. The zero-order chi connectivity index (χ0) is 11.3. The van der Waals surface area contributed by atoms with Gasteiger partial charge < -0.3 is 16.0 Å². The molecule has 16 heavy (non-hydrogen) atoms. The minimum Gasteiger partial charge on any atom is -0.352 e. The number of amides is 2. The van der Waals surface area contributed by atoms with Crippen LogP contribution in [-0.4, -0.2) is 37.0 Å². The van der Waals surface area contributed by atoms with E-state index in [9.17, 15) is 9.59 Å². The van der Waals surface area contributed by atoms with Crippen molar-refractivity contribution in [3.8, 4) is 0 Å². The van der Waals surface area contributed by atoms with Gasteiger partial charge in [-0.05, 0) is 33.2 Å². The lowest BCUT2D eigenvalue weighted by Gasteiger charge is -2.12. The number of carbonyl (C=O) groups excluding carboxylic acids is 2. The van der Waals surface area contributed by atoms with Crippen molar-refractivity contribution >= 4 is 24.2 Å². The van der Waals surface area contributed by atoms with Crippen LogP contribution in [0.4, 0.5) is 0 Å². The van der Waals surface area contributed by atoms with E-state index >= 15 is 0 Å². The Morgan fingerprint density at radius 1 is 1.44 bits per heavy atom. The molecule has 0 saturated carbocycles. The Kier molecular flexibility index (Phi) is 7.08. The van der Waals surface area contributed by atoms with Crippen molar-refractivity contribution in [3.05, 3.63) is 0 Å². The van der Waals surface area contributed by atoms with Crippen LogP contribution in [0.5, 0.6) is 0 Å². The maximum Gasteiger partial charge on any atom is 0.239 e. The molecule has 0 aromatic heterocycles. The van der Waals surface area contributed by atoms with Crippen molar-refractivity contribution in [1.82, 2.24) is 16.0 Å². The molecule has 0 spiro atoms. The summed E-state index contributed by atoms with van der Waals surface area (Å²) in [6.45, 7) is 4.72. The van der Waals surface area contributed by atoms with E-state index in [0.29, 0.717) is 0 Å². The lowest BCUT2D eigenvalue weighted by atomic mass is 10.2. The van der Waals surface area contributed by atoms with Crippen molar-refractivity contribution in [2.45, 2.75) is 38.8 Å². The first-order chi connectivity index (χ1) is 7.09. The van der Waals surface area contributed by atoms with Crippen LogP contribution >= 0.6 is 12.4 Å². The molecule has 5 nitrogen and oxygen atoms in total. The van der Waals surface area contributed by atoms with Crippen LogP contribution in [0.15, 0.2) is 0 Å². The molecular weight excluding hydrogens is 230 g/mol. The number of halogens is 1. The third-order valence-electron chi connectivity index (χ3n) is 2.25. The first-order valence-corrected chi connectivity index (χ1v) is 5.40. The quantitative estimate of drug-likeness (QED) is 0.646. The van der Waals surface area contributed by atoms with Crippen LogP contribution in [-0.2, 0) is 9.59 Å². The largest absolute Gasteiger partial charge is 0.352 e. The lowest BCUT2D eigenvalue weighted by Crippen LogP contribution is -2.45. The van der Waals surface area contributed by atoms with E-state index in [1.165, 1.54) is 0 Å². The number of hydrogen-bond donors (Lipinski definition) is 3. The Hall–Kier alpha value is -0.810. The van der Waals surface area contributed by atoms with Gasteiger partial charge in [-0.1, -0.05) is 0 Å². The van der Waals surface area contributed by atoms with Gasteiger partial charge in [0.1, 0.15) is 0 Å². The molecule has 1 fully saturated rings. The van der Waals surface area contributed by atoms with Gasteiger partial charge in [0.15, 0.2) is 0 Å². The Bertz CT molecular complexity index is 240. The fourth-order valence-electron chi connectivity index (χ4n) is 1.57. The molecule has 0 unspecified atom stereocenters. The standard InChI is InChI=1S/C10H19N3O2.ClH/c1-7(2)13-9(14)6-12-10(15)8-4-3-5-11-8;/h7-8,11H,3-6H2,1-2H3,(H,12,15)(H,13,14);1H/t8-;/m0./s1. The molecule has 0 aromatic rings. The zero-order valence-corrected chi connectivity index (χ0v) is 10.5. The molecule has 1 atom stereocenters. The van der Waals surface area contributed by atoms with Gasteiger partial charge in [-0.3, -0.25) is 9.59 Å². The highest BCUT2D eigenvalue weighted by Crippen LogP contribution is 2.03. The Morgan fingerprint density at radius 3 is 2.62 bits per heavy atom. The van der Waals surface area contributed by atoms with Crippen LogP contribution in [0, 0.1) is 0 Å². The summed E-state index contributed by atoms with van der Waals surface area (Å²) in [5, 5.41) is 8.41. The maximum absolute atomic E-state index is 11.5. The molecule has 0 radical (unpaired) electrons. The second-order valence-electron chi connectivity index (χ2n) is 4.09. The summed E-state index contributed by atoms with van der Waals surface area (Å²) in [6.07, 6.45) is 1.88. The highest BCUT2D eigenvalue weighted by atomic mass is 35.5. The van der Waals surface area contributed by atoms with Gasteiger partial charge in [0.25, 0.3) is 0 Å². The average molecular weight is 250 g/mol. The van der Waals surface area contributed by atoms with Gasteiger partial charge in [0.05, 0.1) is 12.6 Å². The normalized spacial score (nSPS) is 19.1. The minimum atomic E-state index is -0.142. The molecule has 0 aliphatic carbocycles. The van der Waals surface area contributed by atoms with Crippen molar-refractivity contribution < 1.29 is 9.59 Å². The van der Waals surface area contributed by atoms with Gasteiger partial charge in [-0.15, -0.1) is 12.4 Å². The Morgan fingerprint density at radius 2 is 2.12 bits per heavy atom. The molecule has 2 amide bonds. The lowest BCUT2D eigenvalue weighted by molar-refractivity contribution is -0.127. The first-order valence-electron chi connectivity index (χ1n) is 5.40. The summed E-state index contributed by atoms with van der Waals surface area (Å²) in [7, 11) is 0. The summed E-state index contributed by atoms with van der Waals surface area (Å²) >= 11 is 0. The summed E-state index contributed by atoms with van der Waals surface area (Å²) in [4.78, 5) is 22.7. The molecule has 1 rings (SSSR count). The average Bonchev–Trinajstić information content (AvgIpc) is 2.65. The molecule has 1 aliphatic rings. The van der Waals surface area contributed by atoms with Gasteiger partial charge in [0, 0.05) is 6.04 Å². The predicted molar refractivity (Wildman–Crippen MR) is 64.6 cm³/mol. The van der Waals surface area contributed by atoms with Crippen molar-refractivity contribution in [2.24, 2.45) is 0 Å². The molecule has 1 aliphatic heterocycles. The second kappa shape index (κ2) is 7.46. The zero-order valence-electron chi connectivity index (χ0n) is 9.71. The SMILES string of the molecule is CC(C)NC(=O)CNC(=O)[C@@H]1CCCN1.Cl. The van der Waals surface area contributed by atoms with E-state index in [1.54, 1.807) is 0 Å². The highest BCUT2D eigenvalue weighted by molar-refractivity contribution is 5.87. The van der Waals surface area contributed by atoms with Crippen molar-refractivity contribution in [1.29, 1.82) is 0 Å². The number of hydrogen-bond acceptors (Lipinski definition) is 3. The van der Waals surface area contributed by atoms with E-state index in [2.05, 4.69) is 16.0 Å². The first kappa shape index (κ1) is 15.2. The molecule has 0 bridgehead atoms. The minimum absolute atomic E-state index is 0. The third-order valence-corrected chi connectivity index (χ3v) is 2.25. The maximum atomic E-state index is 11.5.